The zero-order valence-corrected chi connectivity index (χ0v) is 11.1. The second-order valence-corrected chi connectivity index (χ2v) is 4.56. The van der Waals surface area contributed by atoms with E-state index in [4.69, 9.17) is 4.52 Å². The predicted molar refractivity (Wildman–Crippen MR) is 65.7 cm³/mol. The Kier molecular flexibility index (Phi) is 4.08. The van der Waals surface area contributed by atoms with Crippen LogP contribution in [-0.2, 0) is 19.3 Å². The minimum atomic E-state index is -4.35. The Labute approximate surface area is 114 Å². The molecule has 0 N–H and O–H groups in total. The van der Waals surface area contributed by atoms with E-state index in [-0.39, 0.29) is 12.1 Å². The van der Waals surface area contributed by atoms with E-state index in [1.807, 2.05) is 0 Å². The van der Waals surface area contributed by atoms with Crippen molar-refractivity contribution in [1.29, 1.82) is 0 Å². The minimum absolute atomic E-state index is 0.150. The molecule has 1 aromatic heterocycles. The summed E-state index contributed by atoms with van der Waals surface area (Å²) in [5.41, 5.74) is -0.396. The zero-order valence-electron chi connectivity index (χ0n) is 11.1. The molecule has 0 fully saturated rings. The third kappa shape index (κ3) is 3.57. The van der Waals surface area contributed by atoms with Gasteiger partial charge in [0.15, 0.2) is 5.82 Å². The van der Waals surface area contributed by atoms with Crippen LogP contribution >= 0.6 is 0 Å². The Morgan fingerprint density at radius 2 is 1.90 bits per heavy atom. The van der Waals surface area contributed by atoms with Crippen LogP contribution in [0.3, 0.4) is 0 Å². The summed E-state index contributed by atoms with van der Waals surface area (Å²) in [6.07, 6.45) is -4.35. The SMILES string of the molecule is Cc1noc(CN(C)Cc2ccccc2C(F)(F)F)n1. The van der Waals surface area contributed by atoms with Crippen molar-refractivity contribution < 1.29 is 17.7 Å². The zero-order chi connectivity index (χ0) is 14.8. The van der Waals surface area contributed by atoms with Crippen molar-refractivity contribution >= 4 is 0 Å². The van der Waals surface area contributed by atoms with Crippen LogP contribution in [0.5, 0.6) is 0 Å². The van der Waals surface area contributed by atoms with Crippen molar-refractivity contribution in [2.45, 2.75) is 26.2 Å². The van der Waals surface area contributed by atoms with Crippen LogP contribution in [0.25, 0.3) is 0 Å². The van der Waals surface area contributed by atoms with Gasteiger partial charge < -0.3 is 4.52 Å². The predicted octanol–water partition coefficient (Wildman–Crippen LogP) is 3.03. The molecular formula is C13H14F3N3O. The van der Waals surface area contributed by atoms with Crippen molar-refractivity contribution in [3.05, 3.63) is 47.1 Å². The van der Waals surface area contributed by atoms with Crippen LogP contribution in [0.15, 0.2) is 28.8 Å². The Bertz CT molecular complexity index is 580. The lowest BCUT2D eigenvalue weighted by atomic mass is 10.1. The largest absolute Gasteiger partial charge is 0.416 e. The molecule has 0 saturated carbocycles. The van der Waals surface area contributed by atoms with Gasteiger partial charge in [-0.3, -0.25) is 4.90 Å². The highest BCUT2D eigenvalue weighted by Crippen LogP contribution is 2.32. The number of alkyl halides is 3. The highest BCUT2D eigenvalue weighted by atomic mass is 19.4. The quantitative estimate of drug-likeness (QED) is 0.866. The molecule has 108 valence electrons. The van der Waals surface area contributed by atoms with Gasteiger partial charge in [0.25, 0.3) is 0 Å². The normalized spacial score (nSPS) is 12.1. The van der Waals surface area contributed by atoms with Gasteiger partial charge in [-0.25, -0.2) is 0 Å². The lowest BCUT2D eigenvalue weighted by Gasteiger charge is -2.18. The average molecular weight is 285 g/mol. The van der Waals surface area contributed by atoms with E-state index < -0.39 is 11.7 Å². The van der Waals surface area contributed by atoms with Crippen LogP contribution in [0.4, 0.5) is 13.2 Å². The lowest BCUT2D eigenvalue weighted by Crippen LogP contribution is -2.20. The number of aromatic nitrogens is 2. The van der Waals surface area contributed by atoms with Gasteiger partial charge in [-0.15, -0.1) is 0 Å². The summed E-state index contributed by atoms with van der Waals surface area (Å²) in [5.74, 6) is 0.888. The number of rotatable bonds is 4. The molecule has 20 heavy (non-hydrogen) atoms. The molecule has 0 saturated heterocycles. The Balaban J connectivity index is 2.10. The molecule has 0 spiro atoms. The number of benzene rings is 1. The first kappa shape index (κ1) is 14.5. The molecule has 0 radical (unpaired) electrons. The summed E-state index contributed by atoms with van der Waals surface area (Å²) < 4.78 is 43.6. The van der Waals surface area contributed by atoms with Crippen molar-refractivity contribution in [3.8, 4) is 0 Å². The minimum Gasteiger partial charge on any atom is -0.338 e. The van der Waals surface area contributed by atoms with E-state index in [1.165, 1.54) is 12.1 Å². The molecule has 1 heterocycles. The van der Waals surface area contributed by atoms with E-state index in [1.54, 1.807) is 24.9 Å². The van der Waals surface area contributed by atoms with Gasteiger partial charge in [0, 0.05) is 6.54 Å². The fourth-order valence-corrected chi connectivity index (χ4v) is 1.92. The fourth-order valence-electron chi connectivity index (χ4n) is 1.92. The molecule has 0 unspecified atom stereocenters. The molecule has 0 aliphatic heterocycles. The van der Waals surface area contributed by atoms with E-state index in [0.717, 1.165) is 6.07 Å². The number of nitrogens with zero attached hydrogens (tertiary/aromatic N) is 3. The lowest BCUT2D eigenvalue weighted by molar-refractivity contribution is -0.138. The molecule has 1 aromatic carbocycles. The number of halogens is 3. The Morgan fingerprint density at radius 1 is 1.20 bits per heavy atom. The van der Waals surface area contributed by atoms with E-state index in [9.17, 15) is 13.2 Å². The highest BCUT2D eigenvalue weighted by molar-refractivity contribution is 5.29. The molecular weight excluding hydrogens is 271 g/mol. The van der Waals surface area contributed by atoms with Crippen molar-refractivity contribution in [2.24, 2.45) is 0 Å². The maximum atomic E-state index is 12.9. The summed E-state index contributed by atoms with van der Waals surface area (Å²) in [4.78, 5) is 5.71. The number of aryl methyl sites for hydroxylation is 1. The second-order valence-electron chi connectivity index (χ2n) is 4.56. The monoisotopic (exact) mass is 285 g/mol. The van der Waals surface area contributed by atoms with Crippen LogP contribution in [-0.4, -0.2) is 22.1 Å². The van der Waals surface area contributed by atoms with E-state index >= 15 is 0 Å². The average Bonchev–Trinajstić information content (AvgIpc) is 2.73. The molecule has 0 amide bonds. The van der Waals surface area contributed by atoms with Gasteiger partial charge in [-0.2, -0.15) is 18.2 Å². The van der Waals surface area contributed by atoms with Gasteiger partial charge in [-0.05, 0) is 25.6 Å². The Hall–Kier alpha value is -1.89. The number of hydrogen-bond acceptors (Lipinski definition) is 4. The number of hydrogen-bond donors (Lipinski definition) is 0. The van der Waals surface area contributed by atoms with Crippen LogP contribution in [0.2, 0.25) is 0 Å². The summed E-state index contributed by atoms with van der Waals surface area (Å²) in [6, 6.07) is 5.53. The molecule has 7 heteroatoms. The first-order chi connectivity index (χ1) is 9.36. The van der Waals surface area contributed by atoms with Gasteiger partial charge in [0.1, 0.15) is 0 Å². The topological polar surface area (TPSA) is 42.2 Å². The molecule has 0 bridgehead atoms. The highest BCUT2D eigenvalue weighted by Gasteiger charge is 2.33. The smallest absolute Gasteiger partial charge is 0.338 e. The van der Waals surface area contributed by atoms with Gasteiger partial charge in [-0.1, -0.05) is 23.4 Å². The van der Waals surface area contributed by atoms with Gasteiger partial charge in [0.05, 0.1) is 12.1 Å². The van der Waals surface area contributed by atoms with E-state index in [2.05, 4.69) is 10.1 Å². The van der Waals surface area contributed by atoms with Crippen LogP contribution in [0, 0.1) is 6.92 Å². The van der Waals surface area contributed by atoms with Gasteiger partial charge in [0.2, 0.25) is 5.89 Å². The first-order valence-electron chi connectivity index (χ1n) is 5.99. The summed E-state index contributed by atoms with van der Waals surface area (Å²) in [5, 5.41) is 3.64. The van der Waals surface area contributed by atoms with Crippen LogP contribution < -0.4 is 0 Å². The maximum absolute atomic E-state index is 12.9. The van der Waals surface area contributed by atoms with Crippen LogP contribution in [0.1, 0.15) is 22.8 Å². The van der Waals surface area contributed by atoms with Crippen molar-refractivity contribution in [1.82, 2.24) is 15.0 Å². The molecule has 2 rings (SSSR count). The fraction of sp³-hybridized carbons (Fsp3) is 0.385. The summed E-state index contributed by atoms with van der Waals surface area (Å²) in [7, 11) is 1.70. The van der Waals surface area contributed by atoms with E-state index in [0.29, 0.717) is 18.3 Å². The molecule has 2 aromatic rings. The maximum Gasteiger partial charge on any atom is 0.416 e. The second kappa shape index (κ2) is 5.62. The van der Waals surface area contributed by atoms with Gasteiger partial charge >= 0.3 is 6.18 Å². The third-order valence-electron chi connectivity index (χ3n) is 2.74. The molecule has 0 aliphatic carbocycles. The Morgan fingerprint density at radius 3 is 2.50 bits per heavy atom. The summed E-state index contributed by atoms with van der Waals surface area (Å²) in [6.45, 7) is 2.14. The van der Waals surface area contributed by atoms with Crippen molar-refractivity contribution in [2.75, 3.05) is 7.05 Å². The standard InChI is InChI=1S/C13H14F3N3O/c1-9-17-12(20-18-9)8-19(2)7-10-5-3-4-6-11(10)13(14,15)16/h3-6H,7-8H2,1-2H3. The first-order valence-corrected chi connectivity index (χ1v) is 5.99. The van der Waals surface area contributed by atoms with Crippen molar-refractivity contribution in [3.63, 3.8) is 0 Å². The third-order valence-corrected chi connectivity index (χ3v) is 2.74. The summed E-state index contributed by atoms with van der Waals surface area (Å²) >= 11 is 0. The molecule has 0 aliphatic rings. The molecule has 4 nitrogen and oxygen atoms in total. The molecule has 0 atom stereocenters.